The van der Waals surface area contributed by atoms with E-state index in [-0.39, 0.29) is 30.4 Å². The predicted octanol–water partition coefficient (Wildman–Crippen LogP) is 1.16. The molecule has 1 aromatic carbocycles. The normalized spacial score (nSPS) is 22.7. The lowest BCUT2D eigenvalue weighted by Crippen LogP contribution is -2.49. The molecule has 23 heavy (non-hydrogen) atoms. The van der Waals surface area contributed by atoms with Crippen molar-refractivity contribution in [2.75, 3.05) is 25.4 Å². The fraction of sp³-hybridized carbons (Fsp3) is 0.562. The van der Waals surface area contributed by atoms with Gasteiger partial charge < -0.3 is 10.1 Å². The van der Waals surface area contributed by atoms with E-state index in [9.17, 15) is 13.2 Å². The van der Waals surface area contributed by atoms with Gasteiger partial charge in [-0.3, -0.25) is 4.79 Å². The Labute approximate surface area is 137 Å². The Kier molecular flexibility index (Phi) is 5.78. The van der Waals surface area contributed by atoms with Crippen LogP contribution in [0.25, 0.3) is 0 Å². The molecule has 2 atom stereocenters. The highest BCUT2D eigenvalue weighted by Gasteiger charge is 2.30. The van der Waals surface area contributed by atoms with Crippen LogP contribution in [0.1, 0.15) is 29.8 Å². The van der Waals surface area contributed by atoms with E-state index >= 15 is 0 Å². The molecule has 7 heteroatoms. The Hall–Kier alpha value is -1.44. The lowest BCUT2D eigenvalue weighted by molar-refractivity contribution is -0.0440. The standard InChI is InChI=1S/C16H24N2O4S/c1-12-6-4-5-7-15(12)16(19)17-8-9-23(20,21)18-10-13(2)22-14(3)11-18/h4-7,13-14H,8-11H2,1-3H3,(H,17,19)/t13-,14+. The van der Waals surface area contributed by atoms with E-state index in [4.69, 9.17) is 4.74 Å². The molecular weight excluding hydrogens is 316 g/mol. The number of nitrogens with one attached hydrogen (secondary N) is 1. The largest absolute Gasteiger partial charge is 0.373 e. The number of rotatable bonds is 5. The van der Waals surface area contributed by atoms with Gasteiger partial charge in [0.15, 0.2) is 0 Å². The molecule has 1 aromatic rings. The summed E-state index contributed by atoms with van der Waals surface area (Å²) in [7, 11) is -3.40. The van der Waals surface area contributed by atoms with Gasteiger partial charge in [-0.1, -0.05) is 18.2 Å². The van der Waals surface area contributed by atoms with Crippen molar-refractivity contribution >= 4 is 15.9 Å². The van der Waals surface area contributed by atoms with Crippen LogP contribution in [0.5, 0.6) is 0 Å². The number of sulfonamides is 1. The van der Waals surface area contributed by atoms with E-state index in [1.807, 2.05) is 32.9 Å². The summed E-state index contributed by atoms with van der Waals surface area (Å²) >= 11 is 0. The molecule has 0 aromatic heterocycles. The van der Waals surface area contributed by atoms with E-state index in [0.29, 0.717) is 18.7 Å². The first kappa shape index (κ1) is 17.9. The second-order valence-electron chi connectivity index (χ2n) is 5.96. The molecule has 0 aliphatic carbocycles. The van der Waals surface area contributed by atoms with Crippen LogP contribution >= 0.6 is 0 Å². The van der Waals surface area contributed by atoms with Crippen molar-refractivity contribution in [1.29, 1.82) is 0 Å². The van der Waals surface area contributed by atoms with Gasteiger partial charge in [0.05, 0.1) is 18.0 Å². The minimum absolute atomic E-state index is 0.0929. The Bertz CT molecular complexity index is 650. The third kappa shape index (κ3) is 4.76. The molecule has 0 unspecified atom stereocenters. The zero-order valence-corrected chi connectivity index (χ0v) is 14.6. The van der Waals surface area contributed by atoms with Crippen LogP contribution in [0.2, 0.25) is 0 Å². The number of aryl methyl sites for hydroxylation is 1. The maximum atomic E-state index is 12.4. The molecule has 128 valence electrons. The van der Waals surface area contributed by atoms with Gasteiger partial charge in [0.25, 0.3) is 5.91 Å². The van der Waals surface area contributed by atoms with Crippen LogP contribution < -0.4 is 5.32 Å². The fourth-order valence-corrected chi connectivity index (χ4v) is 4.20. The predicted molar refractivity (Wildman–Crippen MR) is 88.9 cm³/mol. The van der Waals surface area contributed by atoms with Gasteiger partial charge in [-0.25, -0.2) is 8.42 Å². The van der Waals surface area contributed by atoms with Gasteiger partial charge >= 0.3 is 0 Å². The van der Waals surface area contributed by atoms with Gasteiger partial charge in [-0.15, -0.1) is 0 Å². The fourth-order valence-electron chi connectivity index (χ4n) is 2.70. The Balaban J connectivity index is 1.90. The van der Waals surface area contributed by atoms with E-state index in [2.05, 4.69) is 5.32 Å². The Morgan fingerprint density at radius 3 is 2.48 bits per heavy atom. The van der Waals surface area contributed by atoms with Crippen molar-refractivity contribution in [2.45, 2.75) is 33.0 Å². The number of hydrogen-bond donors (Lipinski definition) is 1. The van der Waals surface area contributed by atoms with Crippen LogP contribution in [-0.2, 0) is 14.8 Å². The third-order valence-corrected chi connectivity index (χ3v) is 5.62. The number of amides is 1. The molecule has 0 bridgehead atoms. The van der Waals surface area contributed by atoms with Crippen LogP contribution in [-0.4, -0.2) is 56.2 Å². The zero-order valence-electron chi connectivity index (χ0n) is 13.8. The first-order valence-corrected chi connectivity index (χ1v) is 9.37. The molecule has 1 aliphatic heterocycles. The van der Waals surface area contributed by atoms with Gasteiger partial charge in [0.1, 0.15) is 0 Å². The number of carbonyl (C=O) groups excluding carboxylic acids is 1. The number of nitrogens with zero attached hydrogens (tertiary/aromatic N) is 1. The van der Waals surface area contributed by atoms with Crippen molar-refractivity contribution in [1.82, 2.24) is 9.62 Å². The molecule has 6 nitrogen and oxygen atoms in total. The average molecular weight is 340 g/mol. The topological polar surface area (TPSA) is 75.7 Å². The summed E-state index contributed by atoms with van der Waals surface area (Å²) in [5.41, 5.74) is 1.43. The summed E-state index contributed by atoms with van der Waals surface area (Å²) in [5, 5.41) is 2.68. The summed E-state index contributed by atoms with van der Waals surface area (Å²) in [5.74, 6) is -0.355. The van der Waals surface area contributed by atoms with Crippen molar-refractivity contribution in [3.05, 3.63) is 35.4 Å². The zero-order chi connectivity index (χ0) is 17.0. The molecule has 0 radical (unpaired) electrons. The van der Waals surface area contributed by atoms with E-state index in [0.717, 1.165) is 5.56 Å². The second-order valence-corrected chi connectivity index (χ2v) is 8.05. The lowest BCUT2D eigenvalue weighted by atomic mass is 10.1. The Morgan fingerprint density at radius 1 is 1.26 bits per heavy atom. The van der Waals surface area contributed by atoms with Crippen LogP contribution in [0, 0.1) is 6.92 Å². The highest BCUT2D eigenvalue weighted by molar-refractivity contribution is 7.89. The van der Waals surface area contributed by atoms with Gasteiger partial charge in [-0.2, -0.15) is 4.31 Å². The number of morpholine rings is 1. The summed E-state index contributed by atoms with van der Waals surface area (Å²) in [6.07, 6.45) is -0.231. The minimum Gasteiger partial charge on any atom is -0.373 e. The number of carbonyl (C=O) groups is 1. The minimum atomic E-state index is -3.40. The first-order chi connectivity index (χ1) is 10.8. The van der Waals surface area contributed by atoms with E-state index in [1.165, 1.54) is 4.31 Å². The maximum absolute atomic E-state index is 12.4. The number of benzene rings is 1. The number of hydrogen-bond acceptors (Lipinski definition) is 4. The average Bonchev–Trinajstić information content (AvgIpc) is 2.46. The monoisotopic (exact) mass is 340 g/mol. The van der Waals surface area contributed by atoms with Crippen molar-refractivity contribution < 1.29 is 17.9 Å². The summed E-state index contributed by atoms with van der Waals surface area (Å²) < 4.78 is 31.8. The van der Waals surface area contributed by atoms with Crippen molar-refractivity contribution in [2.24, 2.45) is 0 Å². The molecule has 1 amide bonds. The smallest absolute Gasteiger partial charge is 0.251 e. The first-order valence-electron chi connectivity index (χ1n) is 7.76. The second kappa shape index (κ2) is 7.42. The van der Waals surface area contributed by atoms with Crippen molar-refractivity contribution in [3.63, 3.8) is 0 Å². The highest BCUT2D eigenvalue weighted by atomic mass is 32.2. The molecule has 1 saturated heterocycles. The van der Waals surface area contributed by atoms with Crippen LogP contribution in [0.4, 0.5) is 0 Å². The van der Waals surface area contributed by atoms with Gasteiger partial charge in [0.2, 0.25) is 10.0 Å². The van der Waals surface area contributed by atoms with E-state index < -0.39 is 10.0 Å². The number of ether oxygens (including phenoxy) is 1. The van der Waals surface area contributed by atoms with Crippen LogP contribution in [0.3, 0.4) is 0 Å². The summed E-state index contributed by atoms with van der Waals surface area (Å²) in [6.45, 7) is 6.38. The maximum Gasteiger partial charge on any atom is 0.251 e. The third-order valence-electron chi connectivity index (χ3n) is 3.81. The molecule has 1 fully saturated rings. The van der Waals surface area contributed by atoms with E-state index in [1.54, 1.807) is 12.1 Å². The SMILES string of the molecule is Cc1ccccc1C(=O)NCCS(=O)(=O)N1C[C@@H](C)O[C@@H](C)C1. The highest BCUT2D eigenvalue weighted by Crippen LogP contribution is 2.14. The van der Waals surface area contributed by atoms with Gasteiger partial charge in [0, 0.05) is 25.2 Å². The van der Waals surface area contributed by atoms with Crippen LogP contribution in [0.15, 0.2) is 24.3 Å². The lowest BCUT2D eigenvalue weighted by Gasteiger charge is -2.34. The quantitative estimate of drug-likeness (QED) is 0.873. The molecule has 1 heterocycles. The molecule has 1 N–H and O–H groups in total. The Morgan fingerprint density at radius 2 is 1.87 bits per heavy atom. The molecule has 1 aliphatic rings. The molecular formula is C16H24N2O4S. The van der Waals surface area contributed by atoms with Crippen molar-refractivity contribution in [3.8, 4) is 0 Å². The molecule has 0 spiro atoms. The van der Waals surface area contributed by atoms with Gasteiger partial charge in [-0.05, 0) is 32.4 Å². The molecule has 0 saturated carbocycles. The molecule has 2 rings (SSSR count). The summed E-state index contributed by atoms with van der Waals surface area (Å²) in [4.78, 5) is 12.1. The summed E-state index contributed by atoms with van der Waals surface area (Å²) in [6, 6.07) is 7.22.